The first-order chi connectivity index (χ1) is 13.8. The highest BCUT2D eigenvalue weighted by Gasteiger charge is 2.08. The highest BCUT2D eigenvalue weighted by Crippen LogP contribution is 2.17. The van der Waals surface area contributed by atoms with E-state index in [-0.39, 0.29) is 5.91 Å². The van der Waals surface area contributed by atoms with Crippen LogP contribution in [-0.2, 0) is 12.8 Å². The monoisotopic (exact) mass is 376 g/mol. The van der Waals surface area contributed by atoms with Gasteiger partial charge in [-0.2, -0.15) is 0 Å². The largest absolute Gasteiger partial charge is 0.496 e. The van der Waals surface area contributed by atoms with Crippen LogP contribution in [0.25, 0.3) is 0 Å². The number of carbonyl (C=O) groups is 1. The van der Waals surface area contributed by atoms with Crippen LogP contribution in [0.5, 0.6) is 5.75 Å². The van der Waals surface area contributed by atoms with Crippen molar-refractivity contribution >= 4 is 11.7 Å². The van der Waals surface area contributed by atoms with Crippen LogP contribution in [0.4, 0.5) is 5.82 Å². The summed E-state index contributed by atoms with van der Waals surface area (Å²) >= 11 is 0. The fraction of sp³-hybridized carbons (Fsp3) is 0.227. The topological polar surface area (TPSA) is 76.1 Å². The van der Waals surface area contributed by atoms with Crippen molar-refractivity contribution < 1.29 is 9.53 Å². The van der Waals surface area contributed by atoms with Crippen LogP contribution in [0.1, 0.15) is 21.6 Å². The molecule has 0 radical (unpaired) electrons. The molecule has 0 aliphatic carbocycles. The van der Waals surface area contributed by atoms with Crippen LogP contribution in [0.2, 0.25) is 0 Å². The minimum atomic E-state index is -0.238. The number of rotatable bonds is 9. The summed E-state index contributed by atoms with van der Waals surface area (Å²) in [5.41, 5.74) is 2.61. The lowest BCUT2D eigenvalue weighted by molar-refractivity contribution is 0.0948. The Labute approximate surface area is 165 Å². The Morgan fingerprint density at radius 3 is 2.46 bits per heavy atom. The van der Waals surface area contributed by atoms with E-state index in [0.29, 0.717) is 24.5 Å². The normalized spacial score (nSPS) is 10.3. The summed E-state index contributed by atoms with van der Waals surface area (Å²) in [6.45, 7) is 1.25. The van der Waals surface area contributed by atoms with E-state index in [1.54, 1.807) is 13.3 Å². The summed E-state index contributed by atoms with van der Waals surface area (Å²) in [5.74, 6) is 1.24. The van der Waals surface area contributed by atoms with Crippen molar-refractivity contribution in [3.05, 3.63) is 83.8 Å². The van der Waals surface area contributed by atoms with Gasteiger partial charge >= 0.3 is 0 Å². The first-order valence-electron chi connectivity index (χ1n) is 9.26. The third kappa shape index (κ3) is 5.54. The van der Waals surface area contributed by atoms with Crippen LogP contribution in [-0.4, -0.2) is 36.1 Å². The number of ether oxygens (including phenoxy) is 1. The third-order valence-corrected chi connectivity index (χ3v) is 4.32. The smallest absolute Gasteiger partial charge is 0.271 e. The van der Waals surface area contributed by atoms with E-state index in [2.05, 4.69) is 32.7 Å². The zero-order valence-corrected chi connectivity index (χ0v) is 15.9. The molecule has 0 fully saturated rings. The second-order valence-electron chi connectivity index (χ2n) is 6.27. The van der Waals surface area contributed by atoms with Crippen molar-refractivity contribution in [1.29, 1.82) is 0 Å². The molecule has 6 heteroatoms. The number of aromatic nitrogens is 2. The molecule has 0 spiro atoms. The molecule has 3 rings (SSSR count). The van der Waals surface area contributed by atoms with Gasteiger partial charge in [0.2, 0.25) is 0 Å². The predicted octanol–water partition coefficient (Wildman–Crippen LogP) is 3.11. The highest BCUT2D eigenvalue weighted by molar-refractivity contribution is 5.92. The summed E-state index contributed by atoms with van der Waals surface area (Å²) in [7, 11) is 1.64. The molecule has 0 unspecified atom stereocenters. The Bertz CT molecular complexity index is 883. The standard InChI is InChI=1S/C22H24N4O2/c1-28-20-10-6-5-9-18(20)12-14-24-22(27)19-15-26-21(16-25-19)23-13-11-17-7-3-2-4-8-17/h2-10,15-16H,11-14H2,1H3,(H,23,26)(H,24,27). The molecule has 0 aliphatic rings. The second kappa shape index (κ2) is 10.1. The molecule has 3 aromatic rings. The van der Waals surface area contributed by atoms with Crippen LogP contribution >= 0.6 is 0 Å². The highest BCUT2D eigenvalue weighted by atomic mass is 16.5. The number of anilines is 1. The van der Waals surface area contributed by atoms with Gasteiger partial charge in [-0.25, -0.2) is 9.97 Å². The zero-order valence-electron chi connectivity index (χ0n) is 15.9. The van der Waals surface area contributed by atoms with Crippen LogP contribution in [0.15, 0.2) is 67.0 Å². The molecule has 0 saturated carbocycles. The average Bonchev–Trinajstić information content (AvgIpc) is 2.75. The van der Waals surface area contributed by atoms with E-state index in [4.69, 9.17) is 4.74 Å². The van der Waals surface area contributed by atoms with Gasteiger partial charge in [0.05, 0.1) is 19.5 Å². The maximum absolute atomic E-state index is 12.2. The van der Waals surface area contributed by atoms with Gasteiger partial charge in [-0.1, -0.05) is 48.5 Å². The van der Waals surface area contributed by atoms with Gasteiger partial charge in [-0.15, -0.1) is 0 Å². The van der Waals surface area contributed by atoms with E-state index in [1.165, 1.54) is 11.8 Å². The molecule has 28 heavy (non-hydrogen) atoms. The molecule has 0 aliphatic heterocycles. The maximum Gasteiger partial charge on any atom is 0.271 e. The molecular weight excluding hydrogens is 352 g/mol. The van der Waals surface area contributed by atoms with E-state index in [0.717, 1.165) is 24.3 Å². The van der Waals surface area contributed by atoms with E-state index in [1.807, 2.05) is 42.5 Å². The summed E-state index contributed by atoms with van der Waals surface area (Å²) in [4.78, 5) is 20.7. The molecule has 1 heterocycles. The third-order valence-electron chi connectivity index (χ3n) is 4.32. The summed E-state index contributed by atoms with van der Waals surface area (Å²) in [6, 6.07) is 18.0. The molecular formula is C22H24N4O2. The molecule has 1 amide bonds. The molecule has 144 valence electrons. The summed E-state index contributed by atoms with van der Waals surface area (Å²) < 4.78 is 5.32. The Kier molecular flexibility index (Phi) is 6.95. The lowest BCUT2D eigenvalue weighted by atomic mass is 10.1. The van der Waals surface area contributed by atoms with Gasteiger partial charge in [0, 0.05) is 13.1 Å². The lowest BCUT2D eigenvalue weighted by Gasteiger charge is -2.09. The molecule has 2 aromatic carbocycles. The average molecular weight is 376 g/mol. The van der Waals surface area contributed by atoms with E-state index in [9.17, 15) is 4.79 Å². The van der Waals surface area contributed by atoms with Crippen LogP contribution in [0, 0.1) is 0 Å². The van der Waals surface area contributed by atoms with Gasteiger partial charge < -0.3 is 15.4 Å². The quantitative estimate of drug-likeness (QED) is 0.600. The molecule has 2 N–H and O–H groups in total. The number of hydrogen-bond donors (Lipinski definition) is 2. The van der Waals surface area contributed by atoms with Crippen molar-refractivity contribution in [1.82, 2.24) is 15.3 Å². The molecule has 0 saturated heterocycles. The SMILES string of the molecule is COc1ccccc1CCNC(=O)c1cnc(NCCc2ccccc2)cn1. The number of nitrogens with zero attached hydrogens (tertiary/aromatic N) is 2. The number of methoxy groups -OCH3 is 1. The summed E-state index contributed by atoms with van der Waals surface area (Å²) in [6.07, 6.45) is 4.65. The number of amides is 1. The first-order valence-corrected chi connectivity index (χ1v) is 9.26. The van der Waals surface area contributed by atoms with E-state index < -0.39 is 0 Å². The van der Waals surface area contributed by atoms with Gasteiger partial charge in [0.15, 0.2) is 0 Å². The molecule has 6 nitrogen and oxygen atoms in total. The zero-order chi connectivity index (χ0) is 19.6. The lowest BCUT2D eigenvalue weighted by Crippen LogP contribution is -2.26. The number of hydrogen-bond acceptors (Lipinski definition) is 5. The van der Waals surface area contributed by atoms with Crippen molar-refractivity contribution in [3.8, 4) is 5.75 Å². The Hall–Kier alpha value is -3.41. The molecule has 0 bridgehead atoms. The predicted molar refractivity (Wildman–Crippen MR) is 110 cm³/mol. The Morgan fingerprint density at radius 2 is 1.71 bits per heavy atom. The first kappa shape index (κ1) is 19.4. The fourth-order valence-electron chi connectivity index (χ4n) is 2.83. The van der Waals surface area contributed by atoms with Crippen LogP contribution in [0.3, 0.4) is 0 Å². The number of nitrogens with one attached hydrogen (secondary N) is 2. The van der Waals surface area contributed by atoms with Gasteiger partial charge in [-0.3, -0.25) is 4.79 Å². The second-order valence-corrected chi connectivity index (χ2v) is 6.27. The minimum absolute atomic E-state index is 0.238. The van der Waals surface area contributed by atoms with Gasteiger partial charge in [0.25, 0.3) is 5.91 Å². The van der Waals surface area contributed by atoms with E-state index >= 15 is 0 Å². The number of para-hydroxylation sites is 1. The Morgan fingerprint density at radius 1 is 0.929 bits per heavy atom. The van der Waals surface area contributed by atoms with Crippen molar-refractivity contribution in [2.45, 2.75) is 12.8 Å². The minimum Gasteiger partial charge on any atom is -0.496 e. The molecule has 1 aromatic heterocycles. The fourth-order valence-corrected chi connectivity index (χ4v) is 2.83. The van der Waals surface area contributed by atoms with Crippen molar-refractivity contribution in [2.24, 2.45) is 0 Å². The van der Waals surface area contributed by atoms with Crippen molar-refractivity contribution in [2.75, 3.05) is 25.5 Å². The Balaban J connectivity index is 1.44. The number of carbonyl (C=O) groups excluding carboxylic acids is 1. The maximum atomic E-state index is 12.2. The molecule has 0 atom stereocenters. The summed E-state index contributed by atoms with van der Waals surface area (Å²) in [5, 5.41) is 6.08. The van der Waals surface area contributed by atoms with Crippen LogP contribution < -0.4 is 15.4 Å². The van der Waals surface area contributed by atoms with Crippen molar-refractivity contribution in [3.63, 3.8) is 0 Å². The number of benzene rings is 2. The van der Waals surface area contributed by atoms with Gasteiger partial charge in [-0.05, 0) is 30.0 Å². The van der Waals surface area contributed by atoms with Gasteiger partial charge in [0.1, 0.15) is 17.3 Å².